The van der Waals surface area contributed by atoms with Crippen LogP contribution < -0.4 is 15.2 Å². The molecule has 0 fully saturated rings. The van der Waals surface area contributed by atoms with E-state index in [1.54, 1.807) is 0 Å². The Balaban J connectivity index is 2.47. The second-order valence-electron chi connectivity index (χ2n) is 3.99. The minimum absolute atomic E-state index is 0.355. The monoisotopic (exact) mass is 225 g/mol. The number of hydrogen-bond donors (Lipinski definition) is 1. The zero-order valence-corrected chi connectivity index (χ0v) is 10.1. The van der Waals surface area contributed by atoms with Crippen molar-refractivity contribution in [1.29, 1.82) is 0 Å². The van der Waals surface area contributed by atoms with Crippen LogP contribution >= 0.6 is 0 Å². The van der Waals surface area contributed by atoms with E-state index in [0.717, 1.165) is 12.8 Å². The summed E-state index contributed by atoms with van der Waals surface area (Å²) in [5.41, 5.74) is 6.12. The topological polar surface area (TPSA) is 70.3 Å². The van der Waals surface area contributed by atoms with Gasteiger partial charge in [0.25, 0.3) is 0 Å². The number of nitrogen functional groups attached to an aromatic ring is 1. The number of ether oxygens (including phenoxy) is 2. The van der Waals surface area contributed by atoms with E-state index in [1.807, 2.05) is 0 Å². The van der Waals surface area contributed by atoms with Gasteiger partial charge >= 0.3 is 0 Å². The quantitative estimate of drug-likeness (QED) is 0.748. The minimum atomic E-state index is 0.355. The lowest BCUT2D eigenvalue weighted by Crippen LogP contribution is -2.05. The van der Waals surface area contributed by atoms with Crippen molar-refractivity contribution >= 4 is 5.69 Å². The molecule has 1 aromatic heterocycles. The van der Waals surface area contributed by atoms with Crippen LogP contribution in [-0.2, 0) is 0 Å². The molecule has 16 heavy (non-hydrogen) atoms. The Bertz CT molecular complexity index is 329. The van der Waals surface area contributed by atoms with E-state index >= 15 is 0 Å². The number of hydrogen-bond acceptors (Lipinski definition) is 5. The van der Waals surface area contributed by atoms with Gasteiger partial charge in [-0.2, -0.15) is 9.97 Å². The molecular weight excluding hydrogens is 206 g/mol. The van der Waals surface area contributed by atoms with Gasteiger partial charge in [0.05, 0.1) is 13.7 Å². The summed E-state index contributed by atoms with van der Waals surface area (Å²) in [5, 5.41) is 0. The van der Waals surface area contributed by atoms with Crippen molar-refractivity contribution < 1.29 is 9.47 Å². The fourth-order valence-electron chi connectivity index (χ4n) is 1.30. The highest BCUT2D eigenvalue weighted by atomic mass is 16.5. The summed E-state index contributed by atoms with van der Waals surface area (Å²) >= 11 is 0. The van der Waals surface area contributed by atoms with Gasteiger partial charge in [-0.25, -0.2) is 0 Å². The maximum atomic E-state index is 5.76. The largest absolute Gasteiger partial charge is 0.479 e. The van der Waals surface area contributed by atoms with Crippen LogP contribution in [0.4, 0.5) is 5.69 Å². The average molecular weight is 225 g/mol. The van der Waals surface area contributed by atoms with E-state index in [-0.39, 0.29) is 0 Å². The summed E-state index contributed by atoms with van der Waals surface area (Å²) in [4.78, 5) is 7.84. The highest BCUT2D eigenvalue weighted by molar-refractivity contribution is 5.55. The van der Waals surface area contributed by atoms with E-state index < -0.39 is 0 Å². The molecule has 2 N–H and O–H groups in total. The molecule has 0 saturated carbocycles. The first kappa shape index (κ1) is 12.5. The maximum Gasteiger partial charge on any atom is 0.244 e. The van der Waals surface area contributed by atoms with Gasteiger partial charge in [0, 0.05) is 0 Å². The second-order valence-corrected chi connectivity index (χ2v) is 3.99. The molecule has 5 nitrogen and oxygen atoms in total. The van der Waals surface area contributed by atoms with Gasteiger partial charge in [0.15, 0.2) is 5.69 Å². The molecule has 0 spiro atoms. The number of rotatable bonds is 6. The smallest absolute Gasteiger partial charge is 0.244 e. The van der Waals surface area contributed by atoms with Crippen LogP contribution in [0.15, 0.2) is 6.33 Å². The molecule has 0 unspecified atom stereocenters. The summed E-state index contributed by atoms with van der Waals surface area (Å²) in [5.74, 6) is 1.44. The Morgan fingerprint density at radius 1 is 1.31 bits per heavy atom. The average Bonchev–Trinajstić information content (AvgIpc) is 2.26. The summed E-state index contributed by atoms with van der Waals surface area (Å²) in [6.07, 6.45) is 3.50. The molecule has 1 rings (SSSR count). The molecule has 0 atom stereocenters. The fourth-order valence-corrected chi connectivity index (χ4v) is 1.30. The van der Waals surface area contributed by atoms with Crippen molar-refractivity contribution in [2.24, 2.45) is 5.92 Å². The second kappa shape index (κ2) is 6.15. The number of anilines is 1. The third-order valence-electron chi connectivity index (χ3n) is 2.17. The Labute approximate surface area is 96.0 Å². The minimum Gasteiger partial charge on any atom is -0.479 e. The molecule has 5 heteroatoms. The van der Waals surface area contributed by atoms with E-state index in [0.29, 0.717) is 30.0 Å². The molecule has 0 bridgehead atoms. The molecule has 0 amide bonds. The van der Waals surface area contributed by atoms with Crippen LogP contribution in [0.25, 0.3) is 0 Å². The standard InChI is InChI=1S/C11H19N3O2/c1-8(2)5-4-6-16-11-9(12)10(15-3)13-7-14-11/h7-8H,4-6,12H2,1-3H3. The molecule has 1 heterocycles. The van der Waals surface area contributed by atoms with Crippen LogP contribution in [0, 0.1) is 5.92 Å². The summed E-state index contributed by atoms with van der Waals surface area (Å²) < 4.78 is 10.4. The van der Waals surface area contributed by atoms with E-state index in [9.17, 15) is 0 Å². The molecule has 0 aliphatic heterocycles. The van der Waals surface area contributed by atoms with Crippen LogP contribution in [0.5, 0.6) is 11.8 Å². The SMILES string of the molecule is COc1ncnc(OCCCC(C)C)c1N. The van der Waals surface area contributed by atoms with Gasteiger partial charge in [0.1, 0.15) is 6.33 Å². The van der Waals surface area contributed by atoms with E-state index in [1.165, 1.54) is 13.4 Å². The summed E-state index contributed by atoms with van der Waals surface area (Å²) in [6, 6.07) is 0. The Morgan fingerprint density at radius 2 is 2.00 bits per heavy atom. The zero-order chi connectivity index (χ0) is 12.0. The first-order chi connectivity index (χ1) is 7.65. The van der Waals surface area contributed by atoms with Crippen LogP contribution in [0.1, 0.15) is 26.7 Å². The number of aromatic nitrogens is 2. The molecule has 0 aliphatic rings. The van der Waals surface area contributed by atoms with Crippen molar-refractivity contribution in [2.75, 3.05) is 19.5 Å². The Kier molecular flexibility index (Phi) is 4.82. The van der Waals surface area contributed by atoms with Crippen LogP contribution in [0.2, 0.25) is 0 Å². The van der Waals surface area contributed by atoms with Crippen molar-refractivity contribution in [2.45, 2.75) is 26.7 Å². The molecule has 0 aliphatic carbocycles. The van der Waals surface area contributed by atoms with Gasteiger partial charge in [-0.05, 0) is 18.8 Å². The lowest BCUT2D eigenvalue weighted by molar-refractivity contribution is 0.285. The first-order valence-electron chi connectivity index (χ1n) is 5.42. The third-order valence-corrected chi connectivity index (χ3v) is 2.17. The van der Waals surface area contributed by atoms with Crippen molar-refractivity contribution in [3.8, 4) is 11.8 Å². The van der Waals surface area contributed by atoms with Gasteiger partial charge in [-0.3, -0.25) is 0 Å². The molecule has 90 valence electrons. The summed E-state index contributed by atoms with van der Waals surface area (Å²) in [7, 11) is 1.52. The molecule has 0 saturated heterocycles. The lowest BCUT2D eigenvalue weighted by Gasteiger charge is -2.09. The Morgan fingerprint density at radius 3 is 2.62 bits per heavy atom. The van der Waals surface area contributed by atoms with Crippen LogP contribution in [-0.4, -0.2) is 23.7 Å². The first-order valence-corrected chi connectivity index (χ1v) is 5.42. The number of methoxy groups -OCH3 is 1. The zero-order valence-electron chi connectivity index (χ0n) is 10.1. The molecule has 1 aromatic rings. The fraction of sp³-hybridized carbons (Fsp3) is 0.636. The highest BCUT2D eigenvalue weighted by Gasteiger charge is 2.09. The maximum absolute atomic E-state index is 5.76. The Hall–Kier alpha value is -1.52. The molecule has 0 radical (unpaired) electrons. The van der Waals surface area contributed by atoms with Gasteiger partial charge in [-0.15, -0.1) is 0 Å². The predicted octanol–water partition coefficient (Wildman–Crippen LogP) is 1.88. The van der Waals surface area contributed by atoms with E-state index in [4.69, 9.17) is 15.2 Å². The third kappa shape index (κ3) is 3.56. The van der Waals surface area contributed by atoms with Crippen molar-refractivity contribution in [3.05, 3.63) is 6.33 Å². The predicted molar refractivity (Wildman–Crippen MR) is 62.6 cm³/mol. The van der Waals surface area contributed by atoms with Crippen molar-refractivity contribution in [3.63, 3.8) is 0 Å². The molecular formula is C11H19N3O2. The molecule has 0 aromatic carbocycles. The number of nitrogens with two attached hydrogens (primary N) is 1. The lowest BCUT2D eigenvalue weighted by atomic mass is 10.1. The summed E-state index contributed by atoms with van der Waals surface area (Å²) in [6.45, 7) is 4.98. The van der Waals surface area contributed by atoms with Crippen molar-refractivity contribution in [1.82, 2.24) is 9.97 Å². The normalized spacial score (nSPS) is 10.5. The van der Waals surface area contributed by atoms with Crippen LogP contribution in [0.3, 0.4) is 0 Å². The van der Waals surface area contributed by atoms with E-state index in [2.05, 4.69) is 23.8 Å². The van der Waals surface area contributed by atoms with Gasteiger partial charge in [0.2, 0.25) is 11.8 Å². The van der Waals surface area contributed by atoms with Gasteiger partial charge in [-0.1, -0.05) is 13.8 Å². The van der Waals surface area contributed by atoms with Gasteiger partial charge < -0.3 is 15.2 Å². The highest BCUT2D eigenvalue weighted by Crippen LogP contribution is 2.26. The number of nitrogens with zero attached hydrogens (tertiary/aromatic N) is 2.